The Hall–Kier alpha value is -2.16. The number of carbonyl (C=O) groups is 1. The van der Waals surface area contributed by atoms with E-state index in [1.54, 1.807) is 24.3 Å². The molecule has 35 heavy (non-hydrogen) atoms. The van der Waals surface area contributed by atoms with Crippen molar-refractivity contribution in [2.45, 2.75) is 13.5 Å². The predicted octanol–water partition coefficient (Wildman–Crippen LogP) is 8.28. The van der Waals surface area contributed by atoms with E-state index in [9.17, 15) is 4.79 Å². The predicted molar refractivity (Wildman–Crippen MR) is 148 cm³/mol. The molecule has 4 rings (SSSR count). The van der Waals surface area contributed by atoms with Crippen LogP contribution in [0.5, 0.6) is 11.5 Å². The van der Waals surface area contributed by atoms with Gasteiger partial charge >= 0.3 is 0 Å². The minimum atomic E-state index is -0.230. The minimum Gasteiger partial charge on any atom is -0.494 e. The van der Waals surface area contributed by atoms with Crippen molar-refractivity contribution < 1.29 is 14.3 Å². The summed E-state index contributed by atoms with van der Waals surface area (Å²) in [4.78, 5) is 17.5. The van der Waals surface area contributed by atoms with E-state index in [-0.39, 0.29) is 12.5 Å². The number of amides is 1. The van der Waals surface area contributed by atoms with Crippen LogP contribution >= 0.6 is 62.5 Å². The Morgan fingerprint density at radius 1 is 1.00 bits per heavy atom. The maximum absolute atomic E-state index is 12.5. The van der Waals surface area contributed by atoms with Crippen LogP contribution in [-0.2, 0) is 11.4 Å². The molecule has 0 unspecified atom stereocenters. The van der Waals surface area contributed by atoms with Crippen molar-refractivity contribution in [1.29, 1.82) is 0 Å². The molecule has 5 nitrogen and oxygen atoms in total. The van der Waals surface area contributed by atoms with E-state index in [0.29, 0.717) is 47.7 Å². The zero-order valence-corrected chi connectivity index (χ0v) is 23.0. The average molecular weight is 613 g/mol. The van der Waals surface area contributed by atoms with Gasteiger partial charge in [-0.2, -0.15) is 0 Å². The molecule has 1 fully saturated rings. The second kappa shape index (κ2) is 11.7. The van der Waals surface area contributed by atoms with Crippen LogP contribution in [0.4, 0.5) is 5.69 Å². The van der Waals surface area contributed by atoms with Crippen molar-refractivity contribution in [2.75, 3.05) is 6.61 Å². The van der Waals surface area contributed by atoms with E-state index in [0.717, 1.165) is 16.9 Å². The van der Waals surface area contributed by atoms with Crippen molar-refractivity contribution in [2.24, 2.45) is 4.99 Å². The summed E-state index contributed by atoms with van der Waals surface area (Å²) < 4.78 is 12.0. The van der Waals surface area contributed by atoms with Crippen LogP contribution in [0.1, 0.15) is 18.1 Å². The van der Waals surface area contributed by atoms with Gasteiger partial charge in [0.1, 0.15) is 12.4 Å². The standard InChI is InChI=1S/C25H18BrCl3N2O3S/c1-2-33-17-6-4-16(5-7-17)30-25-31-24(32)22(35-25)12-15-9-18(26)23(21(29)11-15)34-13-14-3-8-19(27)20(28)10-14/h3-12H,2,13H2,1H3,(H,30,31,32)/b22-12+. The summed E-state index contributed by atoms with van der Waals surface area (Å²) in [6.07, 6.45) is 1.75. The van der Waals surface area contributed by atoms with E-state index in [4.69, 9.17) is 44.3 Å². The van der Waals surface area contributed by atoms with Crippen molar-refractivity contribution >= 4 is 85.3 Å². The molecule has 0 spiro atoms. The lowest BCUT2D eigenvalue weighted by molar-refractivity contribution is -0.115. The number of nitrogens with one attached hydrogen (secondary N) is 1. The molecule has 180 valence electrons. The Bertz CT molecular complexity index is 1310. The summed E-state index contributed by atoms with van der Waals surface area (Å²) in [6.45, 7) is 2.79. The minimum absolute atomic E-state index is 0.230. The third kappa shape index (κ3) is 6.74. The molecule has 10 heteroatoms. The van der Waals surface area contributed by atoms with Gasteiger partial charge in [0.2, 0.25) is 0 Å². The number of hydrogen-bond acceptors (Lipinski definition) is 5. The highest BCUT2D eigenvalue weighted by molar-refractivity contribution is 9.10. The molecule has 0 bridgehead atoms. The fourth-order valence-corrected chi connectivity index (χ4v) is 5.27. The van der Waals surface area contributed by atoms with Crippen molar-refractivity contribution in [1.82, 2.24) is 5.32 Å². The van der Waals surface area contributed by atoms with E-state index in [1.807, 2.05) is 43.3 Å². The van der Waals surface area contributed by atoms with Crippen molar-refractivity contribution in [3.8, 4) is 11.5 Å². The number of ether oxygens (including phenoxy) is 2. The zero-order valence-electron chi connectivity index (χ0n) is 18.3. The Morgan fingerprint density at radius 2 is 1.77 bits per heavy atom. The monoisotopic (exact) mass is 610 g/mol. The highest BCUT2D eigenvalue weighted by Crippen LogP contribution is 2.37. The van der Waals surface area contributed by atoms with E-state index >= 15 is 0 Å². The molecular weight excluding hydrogens is 595 g/mol. The van der Waals surface area contributed by atoms with Crippen molar-refractivity contribution in [3.05, 3.63) is 90.2 Å². The SMILES string of the molecule is CCOc1ccc(N=C2NC(=O)/C(=C\c3cc(Cl)c(OCc4ccc(Cl)c(Cl)c4)c(Br)c3)S2)cc1. The first-order chi connectivity index (χ1) is 16.8. The fraction of sp³-hybridized carbons (Fsp3) is 0.120. The Balaban J connectivity index is 1.47. The van der Waals surface area contributed by atoms with E-state index in [2.05, 4.69) is 26.2 Å². The maximum Gasteiger partial charge on any atom is 0.264 e. The van der Waals surface area contributed by atoms with Crippen LogP contribution in [0, 0.1) is 0 Å². The first kappa shape index (κ1) is 25.9. The number of hydrogen-bond donors (Lipinski definition) is 1. The Kier molecular flexibility index (Phi) is 8.68. The van der Waals surface area contributed by atoms with Gasteiger partial charge in [-0.15, -0.1) is 0 Å². The zero-order chi connectivity index (χ0) is 24.9. The molecule has 1 saturated heterocycles. The van der Waals surface area contributed by atoms with Gasteiger partial charge in [-0.05, 0) is 100 Å². The molecule has 1 amide bonds. The fourth-order valence-electron chi connectivity index (χ4n) is 3.12. The van der Waals surface area contributed by atoms with Crippen LogP contribution in [0.25, 0.3) is 6.08 Å². The summed E-state index contributed by atoms with van der Waals surface area (Å²) in [7, 11) is 0. The molecule has 0 saturated carbocycles. The number of amidine groups is 1. The van der Waals surface area contributed by atoms with Crippen molar-refractivity contribution in [3.63, 3.8) is 0 Å². The smallest absolute Gasteiger partial charge is 0.264 e. The molecule has 1 aliphatic rings. The third-order valence-corrected chi connectivity index (χ3v) is 7.23. The molecule has 0 radical (unpaired) electrons. The summed E-state index contributed by atoms with van der Waals surface area (Å²) in [5.41, 5.74) is 2.31. The number of thioether (sulfide) groups is 1. The summed E-state index contributed by atoms with van der Waals surface area (Å²) in [5.74, 6) is 1.03. The first-order valence-corrected chi connectivity index (χ1v) is 13.1. The lowest BCUT2D eigenvalue weighted by atomic mass is 10.2. The average Bonchev–Trinajstić information content (AvgIpc) is 3.15. The van der Waals surface area contributed by atoms with Gasteiger partial charge in [0.15, 0.2) is 10.9 Å². The first-order valence-electron chi connectivity index (χ1n) is 10.4. The highest BCUT2D eigenvalue weighted by atomic mass is 79.9. The van der Waals surface area contributed by atoms with E-state index < -0.39 is 0 Å². The van der Waals surface area contributed by atoms with Crippen LogP contribution < -0.4 is 14.8 Å². The van der Waals surface area contributed by atoms with Gasteiger partial charge in [0.05, 0.1) is 36.7 Å². The normalized spacial score (nSPS) is 15.5. The molecule has 1 heterocycles. The van der Waals surface area contributed by atoms with Gasteiger partial charge in [-0.3, -0.25) is 4.79 Å². The number of benzene rings is 3. The summed E-state index contributed by atoms with van der Waals surface area (Å²) in [6, 6.07) is 16.2. The second-order valence-electron chi connectivity index (χ2n) is 7.26. The molecule has 0 atom stereocenters. The second-order valence-corrected chi connectivity index (χ2v) is 10.4. The molecule has 1 N–H and O–H groups in total. The number of rotatable bonds is 7. The lowest BCUT2D eigenvalue weighted by Crippen LogP contribution is -2.19. The largest absolute Gasteiger partial charge is 0.494 e. The number of aliphatic imine (C=N–C) groups is 1. The molecular formula is C25H18BrCl3N2O3S. The van der Waals surface area contributed by atoms with Crippen LogP contribution in [0.2, 0.25) is 15.1 Å². The van der Waals surface area contributed by atoms with Gasteiger partial charge in [-0.1, -0.05) is 40.9 Å². The van der Waals surface area contributed by atoms with Crippen LogP contribution in [0.15, 0.2) is 69.0 Å². The number of carbonyl (C=O) groups excluding carboxylic acids is 1. The lowest BCUT2D eigenvalue weighted by Gasteiger charge is -2.12. The summed E-state index contributed by atoms with van der Waals surface area (Å²) >= 11 is 23.3. The molecule has 3 aromatic rings. The highest BCUT2D eigenvalue weighted by Gasteiger charge is 2.24. The van der Waals surface area contributed by atoms with Gasteiger partial charge in [0, 0.05) is 0 Å². The van der Waals surface area contributed by atoms with Crippen LogP contribution in [0.3, 0.4) is 0 Å². The van der Waals surface area contributed by atoms with Gasteiger partial charge in [0.25, 0.3) is 5.91 Å². The number of halogens is 4. The third-order valence-electron chi connectivity index (χ3n) is 4.71. The summed E-state index contributed by atoms with van der Waals surface area (Å²) in [5, 5.41) is 4.62. The van der Waals surface area contributed by atoms with Gasteiger partial charge < -0.3 is 14.8 Å². The van der Waals surface area contributed by atoms with E-state index in [1.165, 1.54) is 11.8 Å². The quantitative estimate of drug-likeness (QED) is 0.273. The Labute approximate surface area is 230 Å². The molecule has 1 aliphatic heterocycles. The maximum atomic E-state index is 12.5. The topological polar surface area (TPSA) is 59.9 Å². The molecule has 0 aromatic heterocycles. The molecule has 3 aromatic carbocycles. The van der Waals surface area contributed by atoms with Crippen LogP contribution in [-0.4, -0.2) is 17.7 Å². The number of nitrogens with zero attached hydrogens (tertiary/aromatic N) is 1. The van der Waals surface area contributed by atoms with Gasteiger partial charge in [-0.25, -0.2) is 4.99 Å². The molecule has 0 aliphatic carbocycles. The Morgan fingerprint density at radius 3 is 2.46 bits per heavy atom.